The minimum absolute atomic E-state index is 0.00169. The highest BCUT2D eigenvalue weighted by atomic mass is 32.2. The Morgan fingerprint density at radius 1 is 1.26 bits per heavy atom. The average Bonchev–Trinajstić information content (AvgIpc) is 2.43. The Morgan fingerprint density at radius 3 is 2.47 bits per heavy atom. The highest BCUT2D eigenvalue weighted by Crippen LogP contribution is 2.11. The monoisotopic (exact) mass is 284 g/mol. The van der Waals surface area contributed by atoms with E-state index in [0.717, 1.165) is 0 Å². The summed E-state index contributed by atoms with van der Waals surface area (Å²) in [7, 11) is -1.72. The summed E-state index contributed by atoms with van der Waals surface area (Å²) in [5.74, 6) is -0.337. The normalized spacial score (nSPS) is 11.3. The minimum Gasteiger partial charge on any atom is -0.346 e. The molecule has 0 radical (unpaired) electrons. The second-order valence-corrected chi connectivity index (χ2v) is 6.45. The van der Waals surface area contributed by atoms with Gasteiger partial charge in [0, 0.05) is 20.0 Å². The molecule has 0 spiro atoms. The summed E-state index contributed by atoms with van der Waals surface area (Å²) < 4.78 is 24.0. The van der Waals surface area contributed by atoms with Gasteiger partial charge < -0.3 is 10.6 Å². The van der Waals surface area contributed by atoms with Crippen LogP contribution in [-0.2, 0) is 14.6 Å². The predicted molar refractivity (Wildman–Crippen MR) is 74.4 cm³/mol. The van der Waals surface area contributed by atoms with Gasteiger partial charge in [-0.05, 0) is 25.1 Å². The number of nitrogens with two attached hydrogens (primary N) is 1. The molecule has 5 nitrogen and oxygen atoms in total. The first-order valence-corrected chi connectivity index (χ1v) is 7.84. The van der Waals surface area contributed by atoms with Crippen molar-refractivity contribution in [2.45, 2.75) is 17.7 Å². The van der Waals surface area contributed by atoms with E-state index in [9.17, 15) is 13.2 Å². The van der Waals surface area contributed by atoms with Crippen LogP contribution in [0.15, 0.2) is 35.2 Å². The van der Waals surface area contributed by atoms with Gasteiger partial charge in [0.15, 0.2) is 9.84 Å². The lowest BCUT2D eigenvalue weighted by molar-refractivity contribution is -0.129. The van der Waals surface area contributed by atoms with Gasteiger partial charge in [0.05, 0.1) is 10.6 Å². The number of benzene rings is 1. The van der Waals surface area contributed by atoms with E-state index < -0.39 is 9.84 Å². The first-order valence-electron chi connectivity index (χ1n) is 6.19. The van der Waals surface area contributed by atoms with Crippen LogP contribution in [0.5, 0.6) is 0 Å². The molecule has 0 fully saturated rings. The molecule has 0 aliphatic heterocycles. The quantitative estimate of drug-likeness (QED) is 0.797. The van der Waals surface area contributed by atoms with Gasteiger partial charge >= 0.3 is 0 Å². The van der Waals surface area contributed by atoms with Crippen molar-refractivity contribution in [3.8, 4) is 0 Å². The number of carbonyl (C=O) groups excluding carboxylic acids is 1. The van der Waals surface area contributed by atoms with Crippen LogP contribution in [0.25, 0.3) is 0 Å². The van der Waals surface area contributed by atoms with Crippen LogP contribution in [0.3, 0.4) is 0 Å². The van der Waals surface area contributed by atoms with Crippen LogP contribution in [0.4, 0.5) is 0 Å². The molecule has 0 aliphatic carbocycles. The van der Waals surface area contributed by atoms with Crippen LogP contribution in [0, 0.1) is 0 Å². The first-order chi connectivity index (χ1) is 8.97. The highest BCUT2D eigenvalue weighted by Gasteiger charge is 2.17. The molecule has 6 heteroatoms. The molecule has 0 bridgehead atoms. The van der Waals surface area contributed by atoms with Crippen molar-refractivity contribution in [3.05, 3.63) is 30.3 Å². The molecule has 2 N–H and O–H groups in total. The van der Waals surface area contributed by atoms with Crippen molar-refractivity contribution < 1.29 is 13.2 Å². The topological polar surface area (TPSA) is 80.5 Å². The molecule has 19 heavy (non-hydrogen) atoms. The van der Waals surface area contributed by atoms with E-state index in [1.165, 1.54) is 17.0 Å². The summed E-state index contributed by atoms with van der Waals surface area (Å²) >= 11 is 0. The Morgan fingerprint density at radius 2 is 1.89 bits per heavy atom. The molecule has 1 aromatic rings. The van der Waals surface area contributed by atoms with E-state index in [2.05, 4.69) is 0 Å². The van der Waals surface area contributed by atoms with Crippen LogP contribution < -0.4 is 5.73 Å². The fourth-order valence-corrected chi connectivity index (χ4v) is 2.86. The Balaban J connectivity index is 2.54. The number of hydrogen-bond donors (Lipinski definition) is 1. The third kappa shape index (κ3) is 5.00. The summed E-state index contributed by atoms with van der Waals surface area (Å²) in [6.45, 7) is 1.07. The Hall–Kier alpha value is -1.40. The SMILES string of the molecule is CN(CCCN)C(=O)CCS(=O)(=O)c1ccccc1. The zero-order valence-corrected chi connectivity index (χ0v) is 11.9. The third-order valence-corrected chi connectivity index (χ3v) is 4.54. The highest BCUT2D eigenvalue weighted by molar-refractivity contribution is 7.91. The fourth-order valence-electron chi connectivity index (χ4n) is 1.61. The van der Waals surface area contributed by atoms with E-state index in [4.69, 9.17) is 5.73 Å². The lowest BCUT2D eigenvalue weighted by Crippen LogP contribution is -2.30. The van der Waals surface area contributed by atoms with Gasteiger partial charge in [-0.2, -0.15) is 0 Å². The zero-order valence-electron chi connectivity index (χ0n) is 11.1. The van der Waals surface area contributed by atoms with E-state index in [1.807, 2.05) is 0 Å². The van der Waals surface area contributed by atoms with Crippen molar-refractivity contribution >= 4 is 15.7 Å². The first kappa shape index (κ1) is 15.7. The molecule has 1 amide bonds. The molecule has 0 aliphatic rings. The van der Waals surface area contributed by atoms with Crippen molar-refractivity contribution in [3.63, 3.8) is 0 Å². The molecule has 1 rings (SSSR count). The molecule has 0 saturated carbocycles. The largest absolute Gasteiger partial charge is 0.346 e. The zero-order chi connectivity index (χ0) is 14.3. The molecule has 0 unspecified atom stereocenters. The van der Waals surface area contributed by atoms with E-state index in [0.29, 0.717) is 19.5 Å². The van der Waals surface area contributed by atoms with Gasteiger partial charge in [-0.3, -0.25) is 4.79 Å². The van der Waals surface area contributed by atoms with E-state index >= 15 is 0 Å². The van der Waals surface area contributed by atoms with E-state index in [1.54, 1.807) is 25.2 Å². The summed E-state index contributed by atoms with van der Waals surface area (Å²) in [5, 5.41) is 0. The number of carbonyl (C=O) groups is 1. The predicted octanol–water partition coefficient (Wildman–Crippen LogP) is 0.658. The molecule has 106 valence electrons. The molecular weight excluding hydrogens is 264 g/mol. The second-order valence-electron chi connectivity index (χ2n) is 4.34. The minimum atomic E-state index is -3.38. The third-order valence-electron chi connectivity index (χ3n) is 2.81. The molecule has 1 aromatic carbocycles. The van der Waals surface area contributed by atoms with E-state index in [-0.39, 0.29) is 23.0 Å². The summed E-state index contributed by atoms with van der Waals surface area (Å²) in [5.41, 5.74) is 5.36. The summed E-state index contributed by atoms with van der Waals surface area (Å²) in [4.78, 5) is 13.5. The van der Waals surface area contributed by atoms with Gasteiger partial charge in [0.25, 0.3) is 0 Å². The van der Waals surface area contributed by atoms with Crippen molar-refractivity contribution in [2.75, 3.05) is 25.9 Å². The standard InChI is InChI=1S/C13H20N2O3S/c1-15(10-5-9-14)13(16)8-11-19(17,18)12-6-3-2-4-7-12/h2-4,6-7H,5,8-11,14H2,1H3. The Labute approximate surface area is 114 Å². The van der Waals surface area contributed by atoms with Gasteiger partial charge in [0.2, 0.25) is 5.91 Å². The number of hydrogen-bond acceptors (Lipinski definition) is 4. The van der Waals surface area contributed by atoms with Gasteiger partial charge in [-0.25, -0.2) is 8.42 Å². The smallest absolute Gasteiger partial charge is 0.223 e. The van der Waals surface area contributed by atoms with Crippen molar-refractivity contribution in [1.82, 2.24) is 4.90 Å². The van der Waals surface area contributed by atoms with Crippen molar-refractivity contribution in [1.29, 1.82) is 0 Å². The van der Waals surface area contributed by atoms with Gasteiger partial charge in [-0.15, -0.1) is 0 Å². The van der Waals surface area contributed by atoms with Crippen LogP contribution in [0.1, 0.15) is 12.8 Å². The van der Waals surface area contributed by atoms with Gasteiger partial charge in [0.1, 0.15) is 0 Å². The summed E-state index contributed by atoms with van der Waals surface area (Å²) in [6.07, 6.45) is 0.714. The fraction of sp³-hybridized carbons (Fsp3) is 0.462. The summed E-state index contributed by atoms with van der Waals surface area (Å²) in [6, 6.07) is 8.17. The maximum Gasteiger partial charge on any atom is 0.223 e. The van der Waals surface area contributed by atoms with Crippen LogP contribution in [-0.4, -0.2) is 45.1 Å². The number of rotatable bonds is 7. The lowest BCUT2D eigenvalue weighted by Gasteiger charge is -2.16. The maximum absolute atomic E-state index is 12.0. The average molecular weight is 284 g/mol. The number of nitrogens with zero attached hydrogens (tertiary/aromatic N) is 1. The molecule has 0 aromatic heterocycles. The number of sulfone groups is 1. The van der Waals surface area contributed by atoms with Gasteiger partial charge in [-0.1, -0.05) is 18.2 Å². The molecule has 0 saturated heterocycles. The molecule has 0 heterocycles. The number of amides is 1. The Kier molecular flexibility index (Phi) is 5.98. The molecular formula is C13H20N2O3S. The van der Waals surface area contributed by atoms with Crippen LogP contribution >= 0.6 is 0 Å². The molecule has 0 atom stereocenters. The van der Waals surface area contributed by atoms with Crippen LogP contribution in [0.2, 0.25) is 0 Å². The second kappa shape index (κ2) is 7.25. The maximum atomic E-state index is 12.0. The van der Waals surface area contributed by atoms with Crippen molar-refractivity contribution in [2.24, 2.45) is 5.73 Å². The lowest BCUT2D eigenvalue weighted by atomic mass is 10.3. The Bertz CT molecular complexity index is 500.